The summed E-state index contributed by atoms with van der Waals surface area (Å²) in [6, 6.07) is 1.51. The summed E-state index contributed by atoms with van der Waals surface area (Å²) in [6.45, 7) is 1.10. The van der Waals surface area contributed by atoms with Gasteiger partial charge in [0, 0.05) is 12.6 Å². The molecule has 1 unspecified atom stereocenters. The first kappa shape index (κ1) is 16.5. The molecule has 0 aliphatic rings. The highest BCUT2D eigenvalue weighted by molar-refractivity contribution is 6.18. The number of anilines is 1. The fraction of sp³-hybridized carbons (Fsp3) is 0.455. The van der Waals surface area contributed by atoms with E-state index in [-0.39, 0.29) is 23.7 Å². The molecule has 0 aliphatic heterocycles. The van der Waals surface area contributed by atoms with E-state index < -0.39 is 28.5 Å². The lowest BCUT2D eigenvalue weighted by molar-refractivity contribution is -0.384. The quantitative estimate of drug-likeness (QED) is 0.498. The number of halogens is 4. The van der Waals surface area contributed by atoms with Crippen LogP contribution in [0.5, 0.6) is 0 Å². The van der Waals surface area contributed by atoms with Gasteiger partial charge >= 0.3 is 6.18 Å². The van der Waals surface area contributed by atoms with Crippen LogP contribution in [0.2, 0.25) is 0 Å². The third-order valence-electron chi connectivity index (χ3n) is 2.55. The van der Waals surface area contributed by atoms with Gasteiger partial charge in [-0.15, -0.1) is 11.6 Å². The lowest BCUT2D eigenvalue weighted by atomic mass is 10.1. The highest BCUT2D eigenvalue weighted by Crippen LogP contribution is 2.37. The molecule has 1 rings (SSSR count). The summed E-state index contributed by atoms with van der Waals surface area (Å²) >= 11 is 5.36. The second-order valence-electron chi connectivity index (χ2n) is 4.13. The van der Waals surface area contributed by atoms with Crippen molar-refractivity contribution in [2.45, 2.75) is 19.2 Å². The first-order valence-electron chi connectivity index (χ1n) is 5.51. The van der Waals surface area contributed by atoms with E-state index in [4.69, 9.17) is 11.6 Å². The van der Waals surface area contributed by atoms with Gasteiger partial charge in [-0.3, -0.25) is 10.1 Å². The summed E-state index contributed by atoms with van der Waals surface area (Å²) in [7, 11) is 0. The van der Waals surface area contributed by atoms with Gasteiger partial charge in [0.1, 0.15) is 5.69 Å². The largest absolute Gasteiger partial charge is 0.416 e. The van der Waals surface area contributed by atoms with Crippen LogP contribution >= 0.6 is 11.6 Å². The molecule has 1 aromatic rings. The molecule has 112 valence electrons. The van der Waals surface area contributed by atoms with Gasteiger partial charge in [-0.2, -0.15) is 13.2 Å². The van der Waals surface area contributed by atoms with Gasteiger partial charge < -0.3 is 10.4 Å². The van der Waals surface area contributed by atoms with Crippen molar-refractivity contribution in [2.75, 3.05) is 17.7 Å². The Kier molecular flexibility index (Phi) is 5.18. The molecular weight excluding hydrogens is 301 g/mol. The van der Waals surface area contributed by atoms with Crippen LogP contribution in [0.1, 0.15) is 11.1 Å². The number of nitrogens with zero attached hydrogens (tertiary/aromatic N) is 1. The van der Waals surface area contributed by atoms with Gasteiger partial charge in [-0.1, -0.05) is 0 Å². The van der Waals surface area contributed by atoms with Crippen LogP contribution in [-0.2, 0) is 6.18 Å². The van der Waals surface area contributed by atoms with E-state index in [9.17, 15) is 28.4 Å². The zero-order chi connectivity index (χ0) is 15.5. The summed E-state index contributed by atoms with van der Waals surface area (Å²) in [5.41, 5.74) is -2.01. The molecule has 1 atom stereocenters. The Bertz CT molecular complexity index is 508. The standard InChI is InChI=1S/C11H12ClF3N2O3/c1-6-2-9(16-5-7(18)4-12)10(17(19)20)3-8(6)11(13,14)15/h2-3,7,16,18H,4-5H2,1H3. The predicted molar refractivity (Wildman–Crippen MR) is 68.1 cm³/mol. The van der Waals surface area contributed by atoms with Crippen molar-refractivity contribution in [3.8, 4) is 0 Å². The smallest absolute Gasteiger partial charge is 0.390 e. The van der Waals surface area contributed by atoms with E-state index in [1.165, 1.54) is 6.92 Å². The Morgan fingerprint density at radius 3 is 2.55 bits per heavy atom. The number of rotatable bonds is 5. The van der Waals surface area contributed by atoms with Gasteiger partial charge in [0.2, 0.25) is 0 Å². The SMILES string of the molecule is Cc1cc(NCC(O)CCl)c([N+](=O)[O-])cc1C(F)(F)F. The van der Waals surface area contributed by atoms with E-state index in [1.807, 2.05) is 0 Å². The molecule has 20 heavy (non-hydrogen) atoms. The summed E-state index contributed by atoms with van der Waals surface area (Å²) < 4.78 is 38.1. The normalized spacial score (nSPS) is 13.1. The minimum absolute atomic E-state index is 0.0929. The third-order valence-corrected chi connectivity index (χ3v) is 2.91. The fourth-order valence-corrected chi connectivity index (χ4v) is 1.69. The summed E-state index contributed by atoms with van der Waals surface area (Å²) in [5.74, 6) is -0.0968. The number of aryl methyl sites for hydroxylation is 1. The van der Waals surface area contributed by atoms with Gasteiger partial charge in [-0.05, 0) is 18.6 Å². The van der Waals surface area contributed by atoms with E-state index in [0.29, 0.717) is 6.07 Å². The molecule has 0 aliphatic carbocycles. The van der Waals surface area contributed by atoms with Crippen molar-refractivity contribution in [3.63, 3.8) is 0 Å². The lowest BCUT2D eigenvalue weighted by Gasteiger charge is -2.14. The molecule has 5 nitrogen and oxygen atoms in total. The maximum atomic E-state index is 12.7. The van der Waals surface area contributed by atoms with Crippen LogP contribution in [-0.4, -0.2) is 28.6 Å². The van der Waals surface area contributed by atoms with E-state index in [2.05, 4.69) is 5.32 Å². The van der Waals surface area contributed by atoms with Gasteiger partial charge in [0.25, 0.3) is 5.69 Å². The first-order chi connectivity index (χ1) is 9.16. The number of hydrogen-bond acceptors (Lipinski definition) is 4. The van der Waals surface area contributed by atoms with Crippen LogP contribution in [0.4, 0.5) is 24.5 Å². The number of hydrogen-bond donors (Lipinski definition) is 2. The highest BCUT2D eigenvalue weighted by Gasteiger charge is 2.35. The Balaban J connectivity index is 3.18. The molecule has 0 heterocycles. The maximum Gasteiger partial charge on any atom is 0.416 e. The van der Waals surface area contributed by atoms with E-state index in [1.54, 1.807) is 0 Å². The van der Waals surface area contributed by atoms with Crippen LogP contribution in [0.15, 0.2) is 12.1 Å². The molecule has 0 aromatic heterocycles. The van der Waals surface area contributed by atoms with E-state index in [0.717, 1.165) is 6.07 Å². The number of nitrogens with one attached hydrogen (secondary N) is 1. The molecule has 0 saturated heterocycles. The number of nitro benzene ring substituents is 1. The average molecular weight is 313 g/mol. The average Bonchev–Trinajstić information content (AvgIpc) is 2.33. The van der Waals surface area contributed by atoms with Crippen molar-refractivity contribution in [1.82, 2.24) is 0 Å². The number of alkyl halides is 4. The van der Waals surface area contributed by atoms with Crippen molar-refractivity contribution >= 4 is 23.0 Å². The third kappa shape index (κ3) is 3.97. The number of aliphatic hydroxyl groups is 1. The molecule has 0 bridgehead atoms. The molecule has 2 N–H and O–H groups in total. The minimum atomic E-state index is -4.66. The highest BCUT2D eigenvalue weighted by atomic mass is 35.5. The van der Waals surface area contributed by atoms with Gasteiger partial charge in [0.15, 0.2) is 0 Å². The predicted octanol–water partition coefficient (Wildman–Crippen LogP) is 2.93. The molecule has 0 saturated carbocycles. The van der Waals surface area contributed by atoms with Crippen molar-refractivity contribution in [2.24, 2.45) is 0 Å². The number of aliphatic hydroxyl groups excluding tert-OH is 1. The Morgan fingerprint density at radius 1 is 1.50 bits per heavy atom. The zero-order valence-electron chi connectivity index (χ0n) is 10.4. The molecule has 0 radical (unpaired) electrons. The molecule has 1 aromatic carbocycles. The van der Waals surface area contributed by atoms with Crippen LogP contribution < -0.4 is 5.32 Å². The lowest BCUT2D eigenvalue weighted by Crippen LogP contribution is -2.21. The van der Waals surface area contributed by atoms with E-state index >= 15 is 0 Å². The summed E-state index contributed by atoms with van der Waals surface area (Å²) in [5, 5.41) is 22.6. The van der Waals surface area contributed by atoms with Crippen molar-refractivity contribution < 1.29 is 23.2 Å². The van der Waals surface area contributed by atoms with Crippen molar-refractivity contribution in [3.05, 3.63) is 33.4 Å². The van der Waals surface area contributed by atoms with Crippen LogP contribution in [0.25, 0.3) is 0 Å². The zero-order valence-corrected chi connectivity index (χ0v) is 11.1. The molecule has 0 fully saturated rings. The maximum absolute atomic E-state index is 12.7. The van der Waals surface area contributed by atoms with Crippen molar-refractivity contribution in [1.29, 1.82) is 0 Å². The van der Waals surface area contributed by atoms with Gasteiger partial charge in [0.05, 0.1) is 22.5 Å². The Morgan fingerprint density at radius 2 is 2.10 bits per heavy atom. The summed E-state index contributed by atoms with van der Waals surface area (Å²) in [6.07, 6.45) is -5.62. The molecular formula is C11H12ClF3N2O3. The monoisotopic (exact) mass is 312 g/mol. The molecule has 9 heteroatoms. The second-order valence-corrected chi connectivity index (χ2v) is 4.44. The number of benzene rings is 1. The fourth-order valence-electron chi connectivity index (χ4n) is 1.58. The Labute approximate surface area is 117 Å². The van der Waals surface area contributed by atoms with Crippen LogP contribution in [0.3, 0.4) is 0 Å². The topological polar surface area (TPSA) is 75.4 Å². The molecule has 0 spiro atoms. The minimum Gasteiger partial charge on any atom is -0.390 e. The Hall–Kier alpha value is -1.54. The summed E-state index contributed by atoms with van der Waals surface area (Å²) in [4.78, 5) is 9.92. The number of nitro groups is 1. The molecule has 0 amide bonds. The first-order valence-corrected chi connectivity index (χ1v) is 6.04. The van der Waals surface area contributed by atoms with Crippen LogP contribution in [0, 0.1) is 17.0 Å². The van der Waals surface area contributed by atoms with Gasteiger partial charge in [-0.25, -0.2) is 0 Å². The second kappa shape index (κ2) is 6.27.